The van der Waals surface area contributed by atoms with Gasteiger partial charge in [0, 0.05) is 0 Å². The molecule has 2 rings (SSSR count). The molecule has 1 fully saturated rings. The van der Waals surface area contributed by atoms with Crippen molar-refractivity contribution in [2.24, 2.45) is 5.92 Å². The Labute approximate surface area is 160 Å². The number of anilines is 1. The van der Waals surface area contributed by atoms with Gasteiger partial charge in [-0.15, -0.1) is 0 Å². The lowest BCUT2D eigenvalue weighted by atomic mass is 10.00. The van der Waals surface area contributed by atoms with Gasteiger partial charge in [0.2, 0.25) is 5.91 Å². The van der Waals surface area contributed by atoms with Crippen molar-refractivity contribution in [1.82, 2.24) is 5.43 Å². The zero-order chi connectivity index (χ0) is 18.5. The second-order valence-corrected chi connectivity index (χ2v) is 7.80. The van der Waals surface area contributed by atoms with Crippen LogP contribution in [-0.4, -0.2) is 12.5 Å². The molecule has 0 radical (unpaired) electrons. The molecule has 1 unspecified atom stereocenters. The number of rotatable bonds is 14. The van der Waals surface area contributed by atoms with Crippen molar-refractivity contribution in [1.29, 1.82) is 0 Å². The lowest BCUT2D eigenvalue weighted by Gasteiger charge is -2.17. The zero-order valence-corrected chi connectivity index (χ0v) is 16.7. The maximum Gasteiger partial charge on any atom is 0.243 e. The van der Waals surface area contributed by atoms with Crippen LogP contribution in [-0.2, 0) is 4.79 Å². The number of benzene rings is 1. The van der Waals surface area contributed by atoms with Crippen LogP contribution in [0.5, 0.6) is 0 Å². The fourth-order valence-corrected chi connectivity index (χ4v) is 3.81. The van der Waals surface area contributed by atoms with Crippen LogP contribution >= 0.6 is 0 Å². The van der Waals surface area contributed by atoms with Crippen LogP contribution in [0.15, 0.2) is 30.3 Å². The second-order valence-electron chi connectivity index (χ2n) is 7.80. The quantitative estimate of drug-likeness (QED) is 0.399. The highest BCUT2D eigenvalue weighted by atomic mass is 16.2. The second kappa shape index (κ2) is 12.8. The third kappa shape index (κ3) is 7.80. The molecule has 26 heavy (non-hydrogen) atoms. The molecule has 0 saturated carbocycles. The van der Waals surface area contributed by atoms with Gasteiger partial charge in [0.25, 0.3) is 0 Å². The fraction of sp³-hybridized carbons (Fsp3) is 0.696. The highest BCUT2D eigenvalue weighted by molar-refractivity contribution is 5.84. The maximum absolute atomic E-state index is 12.1. The average molecular weight is 359 g/mol. The Kier molecular flexibility index (Phi) is 10.2. The number of amides is 1. The Morgan fingerprint density at radius 3 is 1.96 bits per heavy atom. The molecule has 0 aromatic heterocycles. The number of nitrogens with one attached hydrogen (secondary N) is 1. The van der Waals surface area contributed by atoms with E-state index in [9.17, 15) is 4.79 Å². The molecule has 0 bridgehead atoms. The van der Waals surface area contributed by atoms with Gasteiger partial charge in [-0.25, -0.2) is 0 Å². The van der Waals surface area contributed by atoms with Gasteiger partial charge >= 0.3 is 0 Å². The van der Waals surface area contributed by atoms with E-state index < -0.39 is 0 Å². The Morgan fingerprint density at radius 1 is 0.846 bits per heavy atom. The van der Waals surface area contributed by atoms with Gasteiger partial charge in [0.05, 0.1) is 18.2 Å². The van der Waals surface area contributed by atoms with E-state index in [2.05, 4.69) is 12.3 Å². The van der Waals surface area contributed by atoms with Crippen molar-refractivity contribution in [3.63, 3.8) is 0 Å². The maximum atomic E-state index is 12.1. The third-order valence-electron chi connectivity index (χ3n) is 5.49. The Balaban J connectivity index is 1.45. The van der Waals surface area contributed by atoms with Crippen molar-refractivity contribution in [3.05, 3.63) is 30.3 Å². The Bertz CT molecular complexity index is 488. The summed E-state index contributed by atoms with van der Waals surface area (Å²) in [5, 5.41) is 1.99. The Morgan fingerprint density at radius 2 is 1.38 bits per heavy atom. The van der Waals surface area contributed by atoms with Crippen molar-refractivity contribution in [2.45, 2.75) is 90.4 Å². The van der Waals surface area contributed by atoms with E-state index in [4.69, 9.17) is 0 Å². The lowest BCUT2D eigenvalue weighted by Crippen LogP contribution is -2.32. The van der Waals surface area contributed by atoms with Crippen LogP contribution in [0.2, 0.25) is 0 Å². The highest BCUT2D eigenvalue weighted by Crippen LogP contribution is 2.22. The highest BCUT2D eigenvalue weighted by Gasteiger charge is 2.29. The fourth-order valence-electron chi connectivity index (χ4n) is 3.81. The summed E-state index contributed by atoms with van der Waals surface area (Å²) in [5.41, 5.74) is 4.09. The predicted octanol–water partition coefficient (Wildman–Crippen LogP) is 6.25. The minimum Gasteiger partial charge on any atom is -0.285 e. The van der Waals surface area contributed by atoms with Gasteiger partial charge in [0.1, 0.15) is 0 Å². The van der Waals surface area contributed by atoms with Gasteiger partial charge in [-0.1, -0.05) is 102 Å². The molecule has 1 aromatic rings. The first-order chi connectivity index (χ1) is 12.8. The molecule has 146 valence electrons. The summed E-state index contributed by atoms with van der Waals surface area (Å²) in [7, 11) is 0. The average Bonchev–Trinajstić information content (AvgIpc) is 3.04. The molecular formula is C23H38N2O. The summed E-state index contributed by atoms with van der Waals surface area (Å²) in [5.74, 6) is 0.343. The number of hydrogen-bond acceptors (Lipinski definition) is 2. The van der Waals surface area contributed by atoms with Crippen molar-refractivity contribution < 1.29 is 4.79 Å². The summed E-state index contributed by atoms with van der Waals surface area (Å²) in [6, 6.07) is 10.1. The van der Waals surface area contributed by atoms with Gasteiger partial charge < -0.3 is 0 Å². The van der Waals surface area contributed by atoms with E-state index in [1.807, 2.05) is 35.3 Å². The third-order valence-corrected chi connectivity index (χ3v) is 5.49. The van der Waals surface area contributed by atoms with Crippen molar-refractivity contribution in [3.8, 4) is 0 Å². The molecule has 1 amide bonds. The molecular weight excluding hydrogens is 320 g/mol. The van der Waals surface area contributed by atoms with Crippen LogP contribution in [0.25, 0.3) is 0 Å². The molecule has 1 saturated heterocycles. The summed E-state index contributed by atoms with van der Waals surface area (Å²) in [4.78, 5) is 12.1. The number of nitrogens with zero attached hydrogens (tertiary/aromatic N) is 1. The first-order valence-electron chi connectivity index (χ1n) is 10.9. The first kappa shape index (κ1) is 20.8. The van der Waals surface area contributed by atoms with E-state index in [0.29, 0.717) is 0 Å². The minimum atomic E-state index is 0.151. The number of carbonyl (C=O) groups is 1. The largest absolute Gasteiger partial charge is 0.285 e. The van der Waals surface area contributed by atoms with E-state index in [1.165, 1.54) is 77.0 Å². The standard InChI is InChI=1S/C23H38N2O/c1-2-3-4-5-6-7-8-9-10-11-12-14-17-21-20-25(24-23(21)26)22-18-15-13-16-19-22/h13,15-16,18-19,21H,2-12,14,17,20H2,1H3,(H,24,26). The molecule has 0 aliphatic carbocycles. The molecule has 1 aliphatic rings. The lowest BCUT2D eigenvalue weighted by molar-refractivity contribution is -0.122. The van der Waals surface area contributed by atoms with Gasteiger partial charge in [0.15, 0.2) is 0 Å². The zero-order valence-electron chi connectivity index (χ0n) is 16.7. The number of hydrazine groups is 1. The molecule has 3 heteroatoms. The van der Waals surface area contributed by atoms with Gasteiger partial charge in [-0.05, 0) is 18.6 Å². The molecule has 0 spiro atoms. The number of para-hydroxylation sites is 1. The molecule has 1 N–H and O–H groups in total. The SMILES string of the molecule is CCCCCCCCCCCCCCC1CN(c2ccccc2)NC1=O. The molecule has 1 atom stereocenters. The predicted molar refractivity (Wildman–Crippen MR) is 111 cm³/mol. The van der Waals surface area contributed by atoms with E-state index in [1.54, 1.807) is 0 Å². The number of hydrogen-bond donors (Lipinski definition) is 1. The summed E-state index contributed by atoms with van der Waals surface area (Å²) < 4.78 is 0. The number of carbonyl (C=O) groups excluding carboxylic acids is 1. The topological polar surface area (TPSA) is 32.3 Å². The van der Waals surface area contributed by atoms with E-state index >= 15 is 0 Å². The van der Waals surface area contributed by atoms with E-state index in [-0.39, 0.29) is 11.8 Å². The van der Waals surface area contributed by atoms with Crippen molar-refractivity contribution in [2.75, 3.05) is 11.6 Å². The number of unbranched alkanes of at least 4 members (excludes halogenated alkanes) is 11. The van der Waals surface area contributed by atoms with E-state index in [0.717, 1.165) is 18.7 Å². The summed E-state index contributed by atoms with van der Waals surface area (Å²) >= 11 is 0. The molecule has 1 aromatic carbocycles. The van der Waals surface area contributed by atoms with Crippen LogP contribution in [0.1, 0.15) is 90.4 Å². The van der Waals surface area contributed by atoms with Crippen LogP contribution in [0.4, 0.5) is 5.69 Å². The van der Waals surface area contributed by atoms with Crippen LogP contribution in [0, 0.1) is 5.92 Å². The van der Waals surface area contributed by atoms with Gasteiger partial charge in [-0.2, -0.15) is 0 Å². The minimum absolute atomic E-state index is 0.151. The normalized spacial score (nSPS) is 16.9. The van der Waals surface area contributed by atoms with Crippen LogP contribution < -0.4 is 10.4 Å². The summed E-state index contributed by atoms with van der Waals surface area (Å²) in [6.07, 6.45) is 17.4. The molecule has 3 nitrogen and oxygen atoms in total. The first-order valence-corrected chi connectivity index (χ1v) is 10.9. The molecule has 1 heterocycles. The van der Waals surface area contributed by atoms with Gasteiger partial charge in [-0.3, -0.25) is 15.2 Å². The monoisotopic (exact) mass is 358 g/mol. The molecule has 1 aliphatic heterocycles. The Hall–Kier alpha value is -1.51. The summed E-state index contributed by atoms with van der Waals surface area (Å²) in [6.45, 7) is 3.08. The van der Waals surface area contributed by atoms with Crippen LogP contribution in [0.3, 0.4) is 0 Å². The smallest absolute Gasteiger partial charge is 0.243 e. The van der Waals surface area contributed by atoms with Crippen molar-refractivity contribution >= 4 is 11.6 Å².